The SMILES string of the molecule is CCOC(=O)c1cc2c(cn1)Nc1ncc(C(F)(F)F)c(n1)N[C@@H]1COC[C@H]1CO2. The molecular formula is C18H18F3N5O4. The summed E-state index contributed by atoms with van der Waals surface area (Å²) in [5, 5.41) is 5.62. The van der Waals surface area contributed by atoms with Crippen molar-refractivity contribution in [3.05, 3.63) is 29.7 Å². The van der Waals surface area contributed by atoms with Crippen LogP contribution in [-0.4, -0.2) is 53.4 Å². The van der Waals surface area contributed by atoms with Crippen molar-refractivity contribution in [3.8, 4) is 5.75 Å². The first-order valence-electron chi connectivity index (χ1n) is 9.20. The van der Waals surface area contributed by atoms with Gasteiger partial charge in [0.15, 0.2) is 5.69 Å². The molecule has 2 bridgehead atoms. The summed E-state index contributed by atoms with van der Waals surface area (Å²) in [7, 11) is 0. The van der Waals surface area contributed by atoms with E-state index in [0.717, 1.165) is 0 Å². The molecule has 0 unspecified atom stereocenters. The highest BCUT2D eigenvalue weighted by Gasteiger charge is 2.38. The molecule has 2 aliphatic heterocycles. The van der Waals surface area contributed by atoms with Gasteiger partial charge in [-0.05, 0) is 6.92 Å². The molecule has 9 nitrogen and oxygen atoms in total. The van der Waals surface area contributed by atoms with Crippen LogP contribution in [0.15, 0.2) is 18.5 Å². The summed E-state index contributed by atoms with van der Waals surface area (Å²) in [5.74, 6) is -1.02. The molecule has 30 heavy (non-hydrogen) atoms. The monoisotopic (exact) mass is 425 g/mol. The minimum atomic E-state index is -4.62. The Balaban J connectivity index is 1.75. The predicted octanol–water partition coefficient (Wildman–Crippen LogP) is 2.63. The molecule has 4 rings (SSSR count). The Kier molecular flexibility index (Phi) is 5.33. The molecule has 160 valence electrons. The fourth-order valence-corrected chi connectivity index (χ4v) is 3.14. The molecule has 2 aromatic rings. The van der Waals surface area contributed by atoms with Gasteiger partial charge in [0.25, 0.3) is 0 Å². The van der Waals surface area contributed by atoms with Crippen LogP contribution in [0.4, 0.5) is 30.6 Å². The van der Waals surface area contributed by atoms with Crippen LogP contribution in [0.3, 0.4) is 0 Å². The Morgan fingerprint density at radius 2 is 2.10 bits per heavy atom. The molecule has 0 radical (unpaired) electrons. The lowest BCUT2D eigenvalue weighted by Gasteiger charge is -2.21. The fourth-order valence-electron chi connectivity index (χ4n) is 3.14. The van der Waals surface area contributed by atoms with Gasteiger partial charge in [-0.3, -0.25) is 0 Å². The second-order valence-corrected chi connectivity index (χ2v) is 6.72. The fraction of sp³-hybridized carbons (Fsp3) is 0.444. The van der Waals surface area contributed by atoms with Crippen LogP contribution < -0.4 is 15.4 Å². The summed E-state index contributed by atoms with van der Waals surface area (Å²) < 4.78 is 56.5. The zero-order valence-electron chi connectivity index (χ0n) is 15.8. The number of fused-ring (bicyclic) bond motifs is 4. The van der Waals surface area contributed by atoms with Crippen LogP contribution in [0.1, 0.15) is 23.0 Å². The van der Waals surface area contributed by atoms with Crippen molar-refractivity contribution in [1.82, 2.24) is 15.0 Å². The van der Waals surface area contributed by atoms with Gasteiger partial charge >= 0.3 is 12.1 Å². The molecule has 12 heteroatoms. The summed E-state index contributed by atoms with van der Waals surface area (Å²) in [6.45, 7) is 2.51. The standard InChI is InChI=1S/C18H18F3N5O4/c1-2-29-16(27)11-3-14-12(5-22-11)25-17-23-4-10(18(19,20)21)15(26-17)24-13-8-28-6-9(13)7-30-14/h3-5,9,13H,2,6-8H2,1H3,(H2,23,24,25,26)/t9-,13+/m0/s1. The third-order valence-corrected chi connectivity index (χ3v) is 4.66. The maximum atomic E-state index is 13.4. The molecule has 0 saturated carbocycles. The van der Waals surface area contributed by atoms with E-state index in [-0.39, 0.29) is 48.9 Å². The molecule has 2 aliphatic rings. The van der Waals surface area contributed by atoms with E-state index in [1.54, 1.807) is 6.92 Å². The minimum Gasteiger partial charge on any atom is -0.491 e. The quantitative estimate of drug-likeness (QED) is 0.702. The van der Waals surface area contributed by atoms with Crippen molar-refractivity contribution in [3.63, 3.8) is 0 Å². The molecule has 0 aliphatic carbocycles. The molecule has 2 aromatic heterocycles. The van der Waals surface area contributed by atoms with Crippen molar-refractivity contribution in [2.24, 2.45) is 5.92 Å². The number of rotatable bonds is 2. The van der Waals surface area contributed by atoms with Gasteiger partial charge < -0.3 is 24.8 Å². The van der Waals surface area contributed by atoms with Crippen LogP contribution in [0.25, 0.3) is 0 Å². The van der Waals surface area contributed by atoms with Gasteiger partial charge in [-0.25, -0.2) is 14.8 Å². The second-order valence-electron chi connectivity index (χ2n) is 6.72. The average Bonchev–Trinajstić information content (AvgIpc) is 3.12. The molecule has 2 N–H and O–H groups in total. The van der Waals surface area contributed by atoms with Gasteiger partial charge in [0.2, 0.25) is 5.95 Å². The number of anilines is 3. The maximum absolute atomic E-state index is 13.4. The topological polar surface area (TPSA) is 107 Å². The molecule has 4 heterocycles. The normalized spacial score (nSPS) is 20.5. The summed E-state index contributed by atoms with van der Waals surface area (Å²) >= 11 is 0. The van der Waals surface area contributed by atoms with Crippen LogP contribution in [0.2, 0.25) is 0 Å². The molecule has 2 atom stereocenters. The van der Waals surface area contributed by atoms with Crippen molar-refractivity contribution in [2.45, 2.75) is 19.1 Å². The molecular weight excluding hydrogens is 407 g/mol. The van der Waals surface area contributed by atoms with Gasteiger partial charge in [-0.15, -0.1) is 0 Å². The van der Waals surface area contributed by atoms with Crippen molar-refractivity contribution >= 4 is 23.4 Å². The Bertz CT molecular complexity index is 956. The molecule has 1 saturated heterocycles. The second kappa shape index (κ2) is 7.94. The highest BCUT2D eigenvalue weighted by molar-refractivity contribution is 5.88. The van der Waals surface area contributed by atoms with E-state index in [1.165, 1.54) is 12.3 Å². The number of pyridine rings is 1. The Hall–Kier alpha value is -3.15. The van der Waals surface area contributed by atoms with E-state index in [9.17, 15) is 18.0 Å². The van der Waals surface area contributed by atoms with E-state index in [1.807, 2.05) is 0 Å². The first-order valence-corrected chi connectivity index (χ1v) is 9.20. The number of esters is 1. The number of nitrogens with zero attached hydrogens (tertiary/aromatic N) is 3. The smallest absolute Gasteiger partial charge is 0.421 e. The summed E-state index contributed by atoms with van der Waals surface area (Å²) in [4.78, 5) is 23.8. The summed E-state index contributed by atoms with van der Waals surface area (Å²) in [6.07, 6.45) is -2.60. The summed E-state index contributed by atoms with van der Waals surface area (Å²) in [6, 6.07) is 0.961. The van der Waals surface area contributed by atoms with E-state index in [0.29, 0.717) is 18.5 Å². The molecule has 0 spiro atoms. The van der Waals surface area contributed by atoms with Crippen LogP contribution in [0.5, 0.6) is 5.75 Å². The zero-order chi connectivity index (χ0) is 21.3. The Morgan fingerprint density at radius 1 is 1.27 bits per heavy atom. The number of nitrogens with one attached hydrogen (secondary N) is 2. The predicted molar refractivity (Wildman–Crippen MR) is 97.7 cm³/mol. The number of carbonyl (C=O) groups excluding carboxylic acids is 1. The molecule has 1 fully saturated rings. The lowest BCUT2D eigenvalue weighted by atomic mass is 10.0. The van der Waals surface area contributed by atoms with Crippen LogP contribution in [0, 0.1) is 5.92 Å². The number of carbonyl (C=O) groups is 1. The first-order chi connectivity index (χ1) is 14.3. The van der Waals surface area contributed by atoms with Crippen LogP contribution in [-0.2, 0) is 15.7 Å². The van der Waals surface area contributed by atoms with Gasteiger partial charge in [-0.2, -0.15) is 18.2 Å². The van der Waals surface area contributed by atoms with E-state index in [2.05, 4.69) is 25.6 Å². The third-order valence-electron chi connectivity index (χ3n) is 4.66. The van der Waals surface area contributed by atoms with E-state index >= 15 is 0 Å². The van der Waals surface area contributed by atoms with Crippen molar-refractivity contribution < 1.29 is 32.2 Å². The average molecular weight is 425 g/mol. The number of alkyl halides is 3. The number of halogens is 3. The maximum Gasteiger partial charge on any atom is 0.421 e. The Morgan fingerprint density at radius 3 is 2.87 bits per heavy atom. The molecule has 0 amide bonds. The highest BCUT2D eigenvalue weighted by atomic mass is 19.4. The zero-order valence-corrected chi connectivity index (χ0v) is 15.8. The first kappa shape index (κ1) is 20.1. The third kappa shape index (κ3) is 4.08. The lowest BCUT2D eigenvalue weighted by Crippen LogP contribution is -2.33. The number of aromatic nitrogens is 3. The van der Waals surface area contributed by atoms with Gasteiger partial charge in [-0.1, -0.05) is 0 Å². The number of hydrogen-bond acceptors (Lipinski definition) is 9. The van der Waals surface area contributed by atoms with Crippen molar-refractivity contribution in [1.29, 1.82) is 0 Å². The van der Waals surface area contributed by atoms with Gasteiger partial charge in [0, 0.05) is 18.2 Å². The highest BCUT2D eigenvalue weighted by Crippen LogP contribution is 2.36. The summed E-state index contributed by atoms with van der Waals surface area (Å²) in [5.41, 5.74) is -0.639. The van der Waals surface area contributed by atoms with Crippen LogP contribution >= 0.6 is 0 Å². The van der Waals surface area contributed by atoms with Gasteiger partial charge in [0.1, 0.15) is 22.8 Å². The largest absolute Gasteiger partial charge is 0.491 e. The minimum absolute atomic E-state index is 0.0404. The lowest BCUT2D eigenvalue weighted by molar-refractivity contribution is -0.137. The van der Waals surface area contributed by atoms with E-state index in [4.69, 9.17) is 14.2 Å². The number of ether oxygens (including phenoxy) is 3. The van der Waals surface area contributed by atoms with Gasteiger partial charge in [0.05, 0.1) is 38.7 Å². The number of hydrogen-bond donors (Lipinski definition) is 2. The van der Waals surface area contributed by atoms with E-state index < -0.39 is 23.8 Å². The Labute approximate surface area is 169 Å². The molecule has 0 aromatic carbocycles. The van der Waals surface area contributed by atoms with Crippen molar-refractivity contribution in [2.75, 3.05) is 37.1 Å².